The van der Waals surface area contributed by atoms with Crippen LogP contribution in [0.1, 0.15) is 22.8 Å². The maximum absolute atomic E-state index is 6.03. The molecule has 1 fully saturated rings. The summed E-state index contributed by atoms with van der Waals surface area (Å²) in [4.78, 5) is 0. The minimum absolute atomic E-state index is 0.183. The van der Waals surface area contributed by atoms with Crippen LogP contribution in [-0.2, 0) is 11.2 Å². The van der Waals surface area contributed by atoms with E-state index in [2.05, 4.69) is 66.8 Å². The molecule has 3 rings (SSSR count). The largest absolute Gasteiger partial charge is 0.371 e. The third-order valence-electron chi connectivity index (χ3n) is 3.86. The Kier molecular flexibility index (Phi) is 4.14. The monoisotopic (exact) mass is 267 g/mol. The molecule has 0 saturated carbocycles. The second-order valence-electron chi connectivity index (χ2n) is 5.53. The Morgan fingerprint density at radius 2 is 1.80 bits per heavy atom. The van der Waals surface area contributed by atoms with Gasteiger partial charge >= 0.3 is 0 Å². The van der Waals surface area contributed by atoms with Crippen molar-refractivity contribution in [2.45, 2.75) is 25.5 Å². The summed E-state index contributed by atoms with van der Waals surface area (Å²) in [7, 11) is 0. The Balaban J connectivity index is 1.55. The Morgan fingerprint density at radius 3 is 2.45 bits per heavy atom. The lowest BCUT2D eigenvalue weighted by atomic mass is 10.0. The minimum atomic E-state index is 0.183. The molecule has 2 heteroatoms. The van der Waals surface area contributed by atoms with E-state index in [0.717, 1.165) is 19.6 Å². The predicted octanol–water partition coefficient (Wildman–Crippen LogP) is 3.27. The third-order valence-corrected chi connectivity index (χ3v) is 3.86. The molecule has 0 amide bonds. The van der Waals surface area contributed by atoms with Crippen LogP contribution in [0.2, 0.25) is 0 Å². The first kappa shape index (κ1) is 13.3. The van der Waals surface area contributed by atoms with Crippen LogP contribution in [0, 0.1) is 6.92 Å². The van der Waals surface area contributed by atoms with E-state index >= 15 is 0 Å². The predicted molar refractivity (Wildman–Crippen MR) is 81.8 cm³/mol. The normalized spacial score (nSPS) is 22.6. The lowest BCUT2D eigenvalue weighted by molar-refractivity contribution is 0.00307. The van der Waals surface area contributed by atoms with Crippen molar-refractivity contribution in [2.24, 2.45) is 0 Å². The summed E-state index contributed by atoms with van der Waals surface area (Å²) < 4.78 is 6.03. The molecule has 0 aliphatic carbocycles. The number of morpholine rings is 1. The van der Waals surface area contributed by atoms with Crippen molar-refractivity contribution < 1.29 is 4.74 Å². The van der Waals surface area contributed by atoms with E-state index < -0.39 is 0 Å². The summed E-state index contributed by atoms with van der Waals surface area (Å²) in [5.74, 6) is 0. The fourth-order valence-corrected chi connectivity index (χ4v) is 2.65. The second kappa shape index (κ2) is 6.21. The van der Waals surface area contributed by atoms with Crippen molar-refractivity contribution in [1.82, 2.24) is 5.32 Å². The molecule has 0 radical (unpaired) electrons. The van der Waals surface area contributed by atoms with Gasteiger partial charge in [0.2, 0.25) is 0 Å². The Bertz CT molecular complexity index is 527. The lowest BCUT2D eigenvalue weighted by Gasteiger charge is -2.30. The Morgan fingerprint density at radius 1 is 1.05 bits per heavy atom. The van der Waals surface area contributed by atoms with Gasteiger partial charge in [-0.3, -0.25) is 0 Å². The second-order valence-corrected chi connectivity index (χ2v) is 5.53. The number of nitrogens with one attached hydrogen (secondary N) is 1. The smallest absolute Gasteiger partial charge is 0.0950 e. The van der Waals surface area contributed by atoms with Crippen molar-refractivity contribution in [3.05, 3.63) is 71.3 Å². The van der Waals surface area contributed by atoms with Crippen LogP contribution in [0.25, 0.3) is 0 Å². The molecule has 1 saturated heterocycles. The summed E-state index contributed by atoms with van der Waals surface area (Å²) in [6.07, 6.45) is 1.21. The fourth-order valence-electron chi connectivity index (χ4n) is 2.65. The summed E-state index contributed by atoms with van der Waals surface area (Å²) in [6.45, 7) is 3.77. The van der Waals surface area contributed by atoms with Gasteiger partial charge in [-0.2, -0.15) is 0 Å². The Labute approximate surface area is 120 Å². The first-order valence-electron chi connectivity index (χ1n) is 7.27. The zero-order valence-corrected chi connectivity index (χ0v) is 11.9. The van der Waals surface area contributed by atoms with Gasteiger partial charge in [-0.25, -0.2) is 0 Å². The van der Waals surface area contributed by atoms with E-state index in [9.17, 15) is 0 Å². The van der Waals surface area contributed by atoms with Crippen LogP contribution in [0.4, 0.5) is 0 Å². The molecule has 2 atom stereocenters. The van der Waals surface area contributed by atoms with E-state index in [4.69, 9.17) is 4.74 Å². The van der Waals surface area contributed by atoms with Crippen molar-refractivity contribution in [2.75, 3.05) is 13.2 Å². The van der Waals surface area contributed by atoms with E-state index in [1.54, 1.807) is 0 Å². The van der Waals surface area contributed by atoms with Crippen LogP contribution in [0.3, 0.4) is 0 Å². The summed E-state index contributed by atoms with van der Waals surface area (Å²) in [5, 5.41) is 3.61. The molecule has 2 nitrogen and oxygen atoms in total. The molecule has 2 aromatic carbocycles. The number of ether oxygens (including phenoxy) is 1. The molecule has 1 aliphatic heterocycles. The van der Waals surface area contributed by atoms with Crippen molar-refractivity contribution in [1.29, 1.82) is 0 Å². The van der Waals surface area contributed by atoms with Gasteiger partial charge in [0.05, 0.1) is 12.7 Å². The molecule has 2 unspecified atom stereocenters. The first-order valence-corrected chi connectivity index (χ1v) is 7.27. The number of rotatable bonds is 3. The zero-order chi connectivity index (χ0) is 13.8. The fraction of sp³-hybridized carbons (Fsp3) is 0.333. The average molecular weight is 267 g/mol. The topological polar surface area (TPSA) is 21.3 Å². The summed E-state index contributed by atoms with van der Waals surface area (Å²) in [6, 6.07) is 19.6. The number of hydrogen-bond donors (Lipinski definition) is 1. The van der Waals surface area contributed by atoms with Gasteiger partial charge in [0, 0.05) is 12.6 Å². The highest BCUT2D eigenvalue weighted by Gasteiger charge is 2.22. The molecular formula is C18H21NO. The highest BCUT2D eigenvalue weighted by atomic mass is 16.5. The van der Waals surface area contributed by atoms with E-state index in [-0.39, 0.29) is 6.10 Å². The molecule has 1 N–H and O–H groups in total. The maximum atomic E-state index is 6.03. The molecular weight excluding hydrogens is 246 g/mol. The van der Waals surface area contributed by atoms with Crippen LogP contribution < -0.4 is 5.32 Å². The van der Waals surface area contributed by atoms with E-state index in [0.29, 0.717) is 6.04 Å². The molecule has 20 heavy (non-hydrogen) atoms. The molecule has 0 bridgehead atoms. The zero-order valence-electron chi connectivity index (χ0n) is 11.9. The van der Waals surface area contributed by atoms with Gasteiger partial charge in [-0.1, -0.05) is 60.2 Å². The molecule has 2 aromatic rings. The minimum Gasteiger partial charge on any atom is -0.371 e. The Hall–Kier alpha value is -1.64. The average Bonchev–Trinajstić information content (AvgIpc) is 2.50. The van der Waals surface area contributed by atoms with Crippen LogP contribution in [0.15, 0.2) is 54.6 Å². The summed E-state index contributed by atoms with van der Waals surface area (Å²) >= 11 is 0. The van der Waals surface area contributed by atoms with Crippen LogP contribution >= 0.6 is 0 Å². The molecule has 104 valence electrons. The maximum Gasteiger partial charge on any atom is 0.0950 e. The highest BCUT2D eigenvalue weighted by molar-refractivity contribution is 5.24. The quantitative estimate of drug-likeness (QED) is 0.921. The van der Waals surface area contributed by atoms with Gasteiger partial charge < -0.3 is 10.1 Å². The first-order chi connectivity index (χ1) is 9.81. The van der Waals surface area contributed by atoms with E-state index in [1.165, 1.54) is 16.7 Å². The van der Waals surface area contributed by atoms with Crippen LogP contribution in [-0.4, -0.2) is 19.2 Å². The number of benzene rings is 2. The number of hydrogen-bond acceptors (Lipinski definition) is 2. The van der Waals surface area contributed by atoms with Gasteiger partial charge in [0.15, 0.2) is 0 Å². The molecule has 0 aromatic heterocycles. The highest BCUT2D eigenvalue weighted by Crippen LogP contribution is 2.21. The lowest BCUT2D eigenvalue weighted by Crippen LogP contribution is -2.44. The van der Waals surface area contributed by atoms with Gasteiger partial charge in [0.1, 0.15) is 0 Å². The van der Waals surface area contributed by atoms with E-state index in [1.807, 2.05) is 0 Å². The van der Waals surface area contributed by atoms with Crippen molar-refractivity contribution >= 4 is 0 Å². The van der Waals surface area contributed by atoms with Crippen molar-refractivity contribution in [3.8, 4) is 0 Å². The SMILES string of the molecule is Cc1ccc(C2CNC(Cc3ccccc3)CO2)cc1. The number of aryl methyl sites for hydroxylation is 1. The molecule has 1 aliphatic rings. The molecule has 1 heterocycles. The van der Waals surface area contributed by atoms with Gasteiger partial charge in [-0.05, 0) is 24.5 Å². The van der Waals surface area contributed by atoms with Gasteiger partial charge in [-0.15, -0.1) is 0 Å². The van der Waals surface area contributed by atoms with Crippen molar-refractivity contribution in [3.63, 3.8) is 0 Å². The standard InChI is InChI=1S/C18H21NO/c1-14-7-9-16(10-8-14)18-12-19-17(13-20-18)11-15-5-3-2-4-6-15/h2-10,17-19H,11-13H2,1H3. The van der Waals surface area contributed by atoms with Crippen LogP contribution in [0.5, 0.6) is 0 Å². The molecule has 0 spiro atoms. The van der Waals surface area contributed by atoms with Gasteiger partial charge in [0.25, 0.3) is 0 Å². The third kappa shape index (κ3) is 3.27. The summed E-state index contributed by atoms with van der Waals surface area (Å²) in [5.41, 5.74) is 3.92.